The van der Waals surface area contributed by atoms with Gasteiger partial charge < -0.3 is 0 Å². The van der Waals surface area contributed by atoms with Crippen molar-refractivity contribution >= 4 is 32.3 Å². The van der Waals surface area contributed by atoms with Gasteiger partial charge in [0.2, 0.25) is 0 Å². The number of hydrogen-bond acceptors (Lipinski definition) is 1. The minimum absolute atomic E-state index is 0.997. The monoisotopic (exact) mass is 344 g/mol. The minimum Gasteiger partial charge on any atom is -0.240 e. The van der Waals surface area contributed by atoms with Gasteiger partial charge in [-0.05, 0) is 50.5 Å². The van der Waals surface area contributed by atoms with E-state index >= 15 is 0 Å². The van der Waals surface area contributed by atoms with Crippen molar-refractivity contribution in [2.75, 3.05) is 0 Å². The molecular formula is C25H16N2. The molecular weight excluding hydrogens is 328 g/mol. The molecule has 2 nitrogen and oxygen atoms in total. The predicted molar refractivity (Wildman–Crippen MR) is 113 cm³/mol. The third kappa shape index (κ3) is 2.10. The molecule has 0 aliphatic rings. The molecule has 0 N–H and O–H groups in total. The first-order valence-electron chi connectivity index (χ1n) is 9.16. The second-order valence-corrected chi connectivity index (χ2v) is 6.95. The maximum atomic E-state index is 4.85. The zero-order valence-corrected chi connectivity index (χ0v) is 14.6. The highest BCUT2D eigenvalue weighted by molar-refractivity contribution is 6.25. The molecule has 0 aliphatic heterocycles. The van der Waals surface area contributed by atoms with Crippen molar-refractivity contribution in [3.63, 3.8) is 0 Å². The van der Waals surface area contributed by atoms with Crippen LogP contribution in [0.4, 0.5) is 0 Å². The quantitative estimate of drug-likeness (QED) is 0.331. The fourth-order valence-corrected chi connectivity index (χ4v) is 4.15. The van der Waals surface area contributed by atoms with Gasteiger partial charge in [-0.15, -0.1) is 0 Å². The Morgan fingerprint density at radius 1 is 0.556 bits per heavy atom. The Morgan fingerprint density at radius 3 is 2.07 bits per heavy atom. The van der Waals surface area contributed by atoms with E-state index < -0.39 is 0 Å². The van der Waals surface area contributed by atoms with Gasteiger partial charge >= 0.3 is 0 Å². The van der Waals surface area contributed by atoms with Gasteiger partial charge in [0, 0.05) is 11.8 Å². The molecule has 6 aromatic rings. The second kappa shape index (κ2) is 5.42. The van der Waals surface area contributed by atoms with Crippen molar-refractivity contribution in [1.29, 1.82) is 0 Å². The average Bonchev–Trinajstić information content (AvgIpc) is 3.23. The first-order chi connectivity index (χ1) is 13.4. The zero-order chi connectivity index (χ0) is 17.8. The second-order valence-electron chi connectivity index (χ2n) is 6.95. The summed E-state index contributed by atoms with van der Waals surface area (Å²) >= 11 is 0. The molecule has 0 unspecified atom stereocenters. The van der Waals surface area contributed by atoms with Crippen LogP contribution in [0, 0.1) is 0 Å². The topological polar surface area (TPSA) is 17.8 Å². The van der Waals surface area contributed by atoms with Crippen LogP contribution in [0.15, 0.2) is 97.2 Å². The van der Waals surface area contributed by atoms with E-state index in [4.69, 9.17) is 5.10 Å². The van der Waals surface area contributed by atoms with Gasteiger partial charge in [0.05, 0.1) is 11.4 Å². The van der Waals surface area contributed by atoms with Crippen LogP contribution < -0.4 is 0 Å². The molecule has 2 heteroatoms. The summed E-state index contributed by atoms with van der Waals surface area (Å²) in [6.45, 7) is 0. The van der Waals surface area contributed by atoms with Crippen molar-refractivity contribution in [1.82, 2.24) is 9.78 Å². The highest BCUT2D eigenvalue weighted by atomic mass is 15.3. The van der Waals surface area contributed by atoms with Crippen LogP contribution in [0.2, 0.25) is 0 Å². The molecule has 6 rings (SSSR count). The Balaban J connectivity index is 1.64. The van der Waals surface area contributed by atoms with Crippen LogP contribution in [0.5, 0.6) is 0 Å². The summed E-state index contributed by atoms with van der Waals surface area (Å²) in [5.41, 5.74) is 3.24. The molecule has 27 heavy (non-hydrogen) atoms. The summed E-state index contributed by atoms with van der Waals surface area (Å²) in [6.07, 6.45) is 2.03. The van der Waals surface area contributed by atoms with Crippen LogP contribution in [-0.2, 0) is 0 Å². The number of aromatic nitrogens is 2. The molecule has 0 spiro atoms. The SMILES string of the molecule is c1ccc(-n2ccc(-c3ccc4ccc5cccc6ccc3c4c56)n2)cc1. The first kappa shape index (κ1) is 14.5. The van der Waals surface area contributed by atoms with E-state index in [-0.39, 0.29) is 0 Å². The molecule has 0 saturated carbocycles. The van der Waals surface area contributed by atoms with Crippen LogP contribution in [0.25, 0.3) is 49.3 Å². The molecule has 0 bridgehead atoms. The Kier molecular flexibility index (Phi) is 2.91. The van der Waals surface area contributed by atoms with E-state index in [1.807, 2.05) is 29.1 Å². The van der Waals surface area contributed by atoms with Crippen LogP contribution >= 0.6 is 0 Å². The number of benzene rings is 5. The lowest BCUT2D eigenvalue weighted by molar-refractivity contribution is 0.885. The third-order valence-corrected chi connectivity index (χ3v) is 5.41. The Bertz CT molecular complexity index is 1390. The highest BCUT2D eigenvalue weighted by Gasteiger charge is 2.13. The van der Waals surface area contributed by atoms with Crippen molar-refractivity contribution in [2.24, 2.45) is 0 Å². The predicted octanol–water partition coefficient (Wildman–Crippen LogP) is 6.44. The number of hydrogen-bond donors (Lipinski definition) is 0. The van der Waals surface area contributed by atoms with Crippen LogP contribution in [0.3, 0.4) is 0 Å². The van der Waals surface area contributed by atoms with Crippen LogP contribution in [0.1, 0.15) is 0 Å². The van der Waals surface area contributed by atoms with Gasteiger partial charge in [0.25, 0.3) is 0 Å². The minimum atomic E-state index is 0.997. The summed E-state index contributed by atoms with van der Waals surface area (Å²) in [5, 5.41) is 12.6. The summed E-state index contributed by atoms with van der Waals surface area (Å²) in [6, 6.07) is 32.1. The van der Waals surface area contributed by atoms with Gasteiger partial charge in [0.1, 0.15) is 0 Å². The molecule has 0 atom stereocenters. The summed E-state index contributed by atoms with van der Waals surface area (Å²) in [5.74, 6) is 0. The first-order valence-corrected chi connectivity index (χ1v) is 9.16. The third-order valence-electron chi connectivity index (χ3n) is 5.41. The highest BCUT2D eigenvalue weighted by Crippen LogP contribution is 2.38. The zero-order valence-electron chi connectivity index (χ0n) is 14.6. The van der Waals surface area contributed by atoms with E-state index in [9.17, 15) is 0 Å². The van der Waals surface area contributed by atoms with Crippen molar-refractivity contribution in [2.45, 2.75) is 0 Å². The molecule has 1 aromatic heterocycles. The smallest absolute Gasteiger partial charge is 0.0933 e. The van der Waals surface area contributed by atoms with Gasteiger partial charge in [-0.25, -0.2) is 4.68 Å². The lowest BCUT2D eigenvalue weighted by Crippen LogP contribution is -1.94. The van der Waals surface area contributed by atoms with E-state index in [0.717, 1.165) is 11.4 Å². The molecule has 0 amide bonds. The largest absolute Gasteiger partial charge is 0.240 e. The van der Waals surface area contributed by atoms with E-state index in [1.54, 1.807) is 0 Å². The van der Waals surface area contributed by atoms with Gasteiger partial charge in [-0.3, -0.25) is 0 Å². The fourth-order valence-electron chi connectivity index (χ4n) is 4.15. The summed E-state index contributed by atoms with van der Waals surface area (Å²) in [7, 11) is 0. The van der Waals surface area contributed by atoms with Crippen molar-refractivity contribution in [3.05, 3.63) is 97.2 Å². The average molecular weight is 344 g/mol. The molecule has 0 radical (unpaired) electrons. The number of para-hydroxylation sites is 1. The van der Waals surface area contributed by atoms with Gasteiger partial charge in [-0.1, -0.05) is 72.8 Å². The van der Waals surface area contributed by atoms with E-state index in [1.165, 1.54) is 37.9 Å². The van der Waals surface area contributed by atoms with E-state index in [0.29, 0.717) is 0 Å². The lowest BCUT2D eigenvalue weighted by atomic mass is 9.91. The maximum absolute atomic E-state index is 4.85. The van der Waals surface area contributed by atoms with Gasteiger partial charge in [0.15, 0.2) is 0 Å². The fraction of sp³-hybridized carbons (Fsp3) is 0. The van der Waals surface area contributed by atoms with Crippen LogP contribution in [-0.4, -0.2) is 9.78 Å². The van der Waals surface area contributed by atoms with Crippen molar-refractivity contribution < 1.29 is 0 Å². The van der Waals surface area contributed by atoms with E-state index in [2.05, 4.69) is 72.8 Å². The Hall–Kier alpha value is -3.65. The summed E-state index contributed by atoms with van der Waals surface area (Å²) in [4.78, 5) is 0. The number of nitrogens with zero attached hydrogens (tertiary/aromatic N) is 2. The summed E-state index contributed by atoms with van der Waals surface area (Å²) < 4.78 is 1.94. The maximum Gasteiger partial charge on any atom is 0.0933 e. The molecule has 0 aliphatic carbocycles. The lowest BCUT2D eigenvalue weighted by Gasteiger charge is -2.13. The molecule has 5 aromatic carbocycles. The molecule has 126 valence electrons. The Labute approximate surface area is 156 Å². The van der Waals surface area contributed by atoms with Gasteiger partial charge in [-0.2, -0.15) is 5.10 Å². The Morgan fingerprint density at radius 2 is 1.26 bits per heavy atom. The standard InChI is InChI=1S/C25H16N2/c1-2-7-20(8-3-1)27-16-15-23(26-27)21-13-11-19-10-9-17-5-4-6-18-12-14-22(21)25(19)24(17)18/h1-16H. The number of rotatable bonds is 2. The molecule has 0 fully saturated rings. The molecule has 0 saturated heterocycles. The van der Waals surface area contributed by atoms with Crippen molar-refractivity contribution in [3.8, 4) is 16.9 Å². The normalized spacial score (nSPS) is 11.7. The molecule has 1 heterocycles.